The van der Waals surface area contributed by atoms with E-state index in [9.17, 15) is 0 Å². The van der Waals surface area contributed by atoms with Crippen molar-refractivity contribution >= 4 is 0 Å². The largest absolute Gasteiger partial charge is 0.478 e. The maximum absolute atomic E-state index is 5.24. The van der Waals surface area contributed by atoms with Gasteiger partial charge in [-0.15, -0.1) is 0 Å². The third-order valence-electron chi connectivity index (χ3n) is 1.13. The molecule has 0 bridgehead atoms. The molecule has 0 spiro atoms. The Labute approximate surface area is 60.8 Å². The van der Waals surface area contributed by atoms with Crippen molar-refractivity contribution in [2.75, 3.05) is 13.8 Å². The molecule has 0 aliphatic heterocycles. The lowest BCUT2D eigenvalue weighted by atomic mass is 10.3. The third kappa shape index (κ3) is 2.07. The van der Waals surface area contributed by atoms with Gasteiger partial charge in [0, 0.05) is 0 Å². The van der Waals surface area contributed by atoms with Crippen LogP contribution in [0, 0.1) is 0 Å². The minimum absolute atomic E-state index is 0.560. The normalized spacial score (nSPS) is 9.30. The number of para-hydroxylation sites is 1. The van der Waals surface area contributed by atoms with E-state index in [0.717, 1.165) is 5.75 Å². The topological polar surface area (TPSA) is 21.3 Å². The Morgan fingerprint density at radius 1 is 1.30 bits per heavy atom. The Hall–Kier alpha value is -1.02. The number of hydrogen-bond acceptors (Lipinski definition) is 2. The predicted octanol–water partition coefficient (Wildman–Crippen LogP) is 1.24. The van der Waals surface area contributed by atoms with Crippen LogP contribution in [0.3, 0.4) is 0 Å². The van der Waals surface area contributed by atoms with Gasteiger partial charge in [-0.3, -0.25) is 5.32 Å². The van der Waals surface area contributed by atoms with E-state index in [0.29, 0.717) is 6.73 Å². The highest BCUT2D eigenvalue weighted by Gasteiger charge is 1.85. The summed E-state index contributed by atoms with van der Waals surface area (Å²) in [5.74, 6) is 0.900. The van der Waals surface area contributed by atoms with Crippen LogP contribution in [0.15, 0.2) is 30.3 Å². The van der Waals surface area contributed by atoms with Crippen molar-refractivity contribution in [2.24, 2.45) is 0 Å². The molecule has 0 amide bonds. The first-order valence-electron chi connectivity index (χ1n) is 3.26. The van der Waals surface area contributed by atoms with Crippen LogP contribution in [0.25, 0.3) is 0 Å². The number of rotatable bonds is 3. The van der Waals surface area contributed by atoms with E-state index in [-0.39, 0.29) is 0 Å². The summed E-state index contributed by atoms with van der Waals surface area (Å²) in [6.45, 7) is 0.560. The average molecular weight is 137 g/mol. The van der Waals surface area contributed by atoms with Crippen molar-refractivity contribution in [3.63, 3.8) is 0 Å². The summed E-state index contributed by atoms with van der Waals surface area (Å²) in [4.78, 5) is 0. The zero-order chi connectivity index (χ0) is 7.23. The van der Waals surface area contributed by atoms with Gasteiger partial charge >= 0.3 is 0 Å². The molecule has 0 saturated heterocycles. The Morgan fingerprint density at radius 3 is 2.60 bits per heavy atom. The van der Waals surface area contributed by atoms with Gasteiger partial charge in [0.25, 0.3) is 0 Å². The summed E-state index contributed by atoms with van der Waals surface area (Å²) in [7, 11) is 1.85. The molecule has 0 atom stereocenters. The monoisotopic (exact) mass is 137 g/mol. The number of hydrogen-bond donors (Lipinski definition) is 1. The van der Waals surface area contributed by atoms with Crippen LogP contribution < -0.4 is 10.1 Å². The molecule has 10 heavy (non-hydrogen) atoms. The van der Waals surface area contributed by atoms with E-state index >= 15 is 0 Å². The Morgan fingerprint density at radius 2 is 2.00 bits per heavy atom. The van der Waals surface area contributed by atoms with Crippen LogP contribution in [0.2, 0.25) is 0 Å². The highest BCUT2D eigenvalue weighted by atomic mass is 16.5. The summed E-state index contributed by atoms with van der Waals surface area (Å²) >= 11 is 0. The molecule has 0 heterocycles. The zero-order valence-electron chi connectivity index (χ0n) is 6.00. The van der Waals surface area contributed by atoms with Crippen LogP contribution >= 0.6 is 0 Å². The molecule has 0 aliphatic rings. The molecule has 1 aromatic carbocycles. The van der Waals surface area contributed by atoms with Crippen molar-refractivity contribution in [3.05, 3.63) is 30.3 Å². The van der Waals surface area contributed by atoms with Gasteiger partial charge in [-0.1, -0.05) is 18.2 Å². The molecular weight excluding hydrogens is 126 g/mol. The van der Waals surface area contributed by atoms with Crippen molar-refractivity contribution < 1.29 is 4.74 Å². The second-order valence-electron chi connectivity index (χ2n) is 1.96. The van der Waals surface area contributed by atoms with Crippen molar-refractivity contribution in [3.8, 4) is 5.75 Å². The van der Waals surface area contributed by atoms with Crippen LogP contribution in [-0.2, 0) is 0 Å². The second kappa shape index (κ2) is 3.90. The molecule has 1 rings (SSSR count). The van der Waals surface area contributed by atoms with Gasteiger partial charge in [-0.05, 0) is 19.2 Å². The molecule has 2 heteroatoms. The molecule has 0 unspecified atom stereocenters. The maximum atomic E-state index is 5.24. The lowest BCUT2D eigenvalue weighted by molar-refractivity contribution is 0.296. The van der Waals surface area contributed by atoms with Gasteiger partial charge in [0.05, 0.1) is 0 Å². The van der Waals surface area contributed by atoms with Gasteiger partial charge in [-0.25, -0.2) is 0 Å². The molecule has 1 N–H and O–H groups in total. The van der Waals surface area contributed by atoms with Gasteiger partial charge in [0.1, 0.15) is 12.5 Å². The van der Waals surface area contributed by atoms with E-state index in [1.165, 1.54) is 0 Å². The highest BCUT2D eigenvalue weighted by molar-refractivity contribution is 5.20. The lowest BCUT2D eigenvalue weighted by Gasteiger charge is -2.02. The Balaban J connectivity index is 2.43. The van der Waals surface area contributed by atoms with E-state index in [4.69, 9.17) is 4.74 Å². The molecule has 0 saturated carbocycles. The fourth-order valence-electron chi connectivity index (χ4n) is 0.672. The number of benzene rings is 1. The van der Waals surface area contributed by atoms with E-state index in [1.807, 2.05) is 37.4 Å². The highest BCUT2D eigenvalue weighted by Crippen LogP contribution is 2.06. The van der Waals surface area contributed by atoms with Crippen LogP contribution in [-0.4, -0.2) is 13.8 Å². The van der Waals surface area contributed by atoms with Crippen molar-refractivity contribution in [2.45, 2.75) is 0 Å². The molecular formula is C8H11NO. The molecule has 1 aromatic rings. The van der Waals surface area contributed by atoms with Crippen molar-refractivity contribution in [1.29, 1.82) is 0 Å². The molecule has 54 valence electrons. The van der Waals surface area contributed by atoms with Crippen LogP contribution in [0.4, 0.5) is 0 Å². The van der Waals surface area contributed by atoms with Crippen molar-refractivity contribution in [1.82, 2.24) is 5.32 Å². The lowest BCUT2D eigenvalue weighted by Crippen LogP contribution is -2.13. The number of ether oxygens (including phenoxy) is 1. The molecule has 0 aromatic heterocycles. The molecule has 0 aliphatic carbocycles. The summed E-state index contributed by atoms with van der Waals surface area (Å²) in [6.07, 6.45) is 0. The molecule has 2 nitrogen and oxygen atoms in total. The van der Waals surface area contributed by atoms with Gasteiger partial charge < -0.3 is 4.74 Å². The Kier molecular flexibility index (Phi) is 2.77. The Bertz CT molecular complexity index is 174. The fourth-order valence-corrected chi connectivity index (χ4v) is 0.672. The van der Waals surface area contributed by atoms with E-state index in [2.05, 4.69) is 5.32 Å². The fraction of sp³-hybridized carbons (Fsp3) is 0.250. The molecule has 0 fully saturated rings. The van der Waals surface area contributed by atoms with Crippen LogP contribution in [0.5, 0.6) is 5.75 Å². The minimum atomic E-state index is 0.560. The van der Waals surface area contributed by atoms with E-state index < -0.39 is 0 Å². The quantitative estimate of drug-likeness (QED) is 0.633. The summed E-state index contributed by atoms with van der Waals surface area (Å²) in [6, 6.07) is 9.72. The standard InChI is InChI=1S/C8H11NO/c1-9-7-10-8-5-3-2-4-6-8/h2-6,9H,7H2,1H3. The molecule has 0 radical (unpaired) electrons. The first-order chi connectivity index (χ1) is 4.93. The summed E-state index contributed by atoms with van der Waals surface area (Å²) in [5.41, 5.74) is 0. The van der Waals surface area contributed by atoms with E-state index in [1.54, 1.807) is 0 Å². The first-order valence-corrected chi connectivity index (χ1v) is 3.26. The van der Waals surface area contributed by atoms with Gasteiger partial charge in [-0.2, -0.15) is 0 Å². The van der Waals surface area contributed by atoms with Gasteiger partial charge in [0.2, 0.25) is 0 Å². The smallest absolute Gasteiger partial charge is 0.139 e. The average Bonchev–Trinajstić information content (AvgIpc) is 2.03. The third-order valence-corrected chi connectivity index (χ3v) is 1.13. The van der Waals surface area contributed by atoms with Gasteiger partial charge in [0.15, 0.2) is 0 Å². The number of nitrogens with one attached hydrogen (secondary N) is 1. The zero-order valence-corrected chi connectivity index (χ0v) is 6.00. The summed E-state index contributed by atoms with van der Waals surface area (Å²) < 4.78 is 5.24. The first kappa shape index (κ1) is 7.09. The second-order valence-corrected chi connectivity index (χ2v) is 1.96. The van der Waals surface area contributed by atoms with Crippen LogP contribution in [0.1, 0.15) is 0 Å². The SMILES string of the molecule is CNCOc1ccccc1. The minimum Gasteiger partial charge on any atom is -0.478 e. The predicted molar refractivity (Wildman–Crippen MR) is 41.0 cm³/mol. The summed E-state index contributed by atoms with van der Waals surface area (Å²) in [5, 5.41) is 2.89. The maximum Gasteiger partial charge on any atom is 0.139 e.